The number of benzene rings is 2. The monoisotopic (exact) mass is 337 g/mol. The Morgan fingerprint density at radius 1 is 0.600 bits per heavy atom. The van der Waals surface area contributed by atoms with Gasteiger partial charge in [0.25, 0.3) is 0 Å². The number of hydrogen-bond acceptors (Lipinski definition) is 2. The Hall–Kier alpha value is -1.90. The summed E-state index contributed by atoms with van der Waals surface area (Å²) in [5.41, 5.74) is 7.47. The summed E-state index contributed by atoms with van der Waals surface area (Å²) < 4.78 is 12.0. The molecule has 2 aromatic carbocycles. The smallest absolute Gasteiger partial charge is 0.526 e. The second-order valence-electron chi connectivity index (χ2n) is 6.57. The van der Waals surface area contributed by atoms with Crippen LogP contribution in [0, 0.1) is 13.8 Å². The second kappa shape index (κ2) is 8.98. The molecule has 2 rings (SSSR count). The second-order valence-corrected chi connectivity index (χ2v) is 6.57. The Bertz CT molecular complexity index is 610. The third-order valence-electron chi connectivity index (χ3n) is 4.63. The van der Waals surface area contributed by atoms with E-state index in [0.29, 0.717) is 0 Å². The Kier molecular flexibility index (Phi) is 6.98. The lowest BCUT2D eigenvalue weighted by molar-refractivity contribution is 0.447. The molecule has 0 N–H and O–H groups in total. The van der Waals surface area contributed by atoms with Crippen molar-refractivity contribution >= 4 is 7.69 Å². The van der Waals surface area contributed by atoms with Gasteiger partial charge in [-0.15, -0.1) is 0 Å². The van der Waals surface area contributed by atoms with Gasteiger partial charge in [-0.3, -0.25) is 0 Å². The molecular formula is C22H30BO2. The molecule has 0 aromatic heterocycles. The molecule has 0 bridgehead atoms. The van der Waals surface area contributed by atoms with Crippen molar-refractivity contribution in [3.05, 3.63) is 57.6 Å². The zero-order valence-electron chi connectivity index (χ0n) is 16.5. The van der Waals surface area contributed by atoms with E-state index in [1.807, 2.05) is 0 Å². The normalized spacial score (nSPS) is 10.6. The molecule has 0 fully saturated rings. The van der Waals surface area contributed by atoms with Gasteiger partial charge in [-0.25, -0.2) is 0 Å². The van der Waals surface area contributed by atoms with Crippen molar-refractivity contribution in [2.24, 2.45) is 0 Å². The quantitative estimate of drug-likeness (QED) is 0.588. The molecule has 0 aliphatic heterocycles. The molecule has 133 valence electrons. The highest BCUT2D eigenvalue weighted by atomic mass is 16.6. The molecule has 0 atom stereocenters. The maximum absolute atomic E-state index is 5.99. The summed E-state index contributed by atoms with van der Waals surface area (Å²) >= 11 is 0. The molecule has 3 heteroatoms. The summed E-state index contributed by atoms with van der Waals surface area (Å²) in [5.74, 6) is 1.89. The summed E-state index contributed by atoms with van der Waals surface area (Å²) in [6.07, 6.45) is 3.79. The van der Waals surface area contributed by atoms with Crippen LogP contribution < -0.4 is 9.31 Å². The molecule has 0 aliphatic carbocycles. The number of hydrogen-bond donors (Lipinski definition) is 0. The molecule has 0 unspecified atom stereocenters. The van der Waals surface area contributed by atoms with Crippen molar-refractivity contribution in [3.8, 4) is 11.5 Å². The van der Waals surface area contributed by atoms with Crippen LogP contribution in [0.1, 0.15) is 61.1 Å². The first kappa shape index (κ1) is 19.4. The summed E-state index contributed by atoms with van der Waals surface area (Å²) in [6.45, 7) is 12.9. The van der Waals surface area contributed by atoms with Crippen LogP contribution in [0.3, 0.4) is 0 Å². The molecule has 0 aliphatic rings. The van der Waals surface area contributed by atoms with Gasteiger partial charge in [-0.1, -0.05) is 63.1 Å². The molecular weight excluding hydrogens is 307 g/mol. The van der Waals surface area contributed by atoms with Gasteiger partial charge in [0, 0.05) is 0 Å². The van der Waals surface area contributed by atoms with Crippen LogP contribution >= 0.6 is 0 Å². The molecule has 1 radical (unpaired) electrons. The largest absolute Gasteiger partial charge is 0.658 e. The highest BCUT2D eigenvalue weighted by Crippen LogP contribution is 2.29. The van der Waals surface area contributed by atoms with Gasteiger partial charge in [0.1, 0.15) is 11.5 Å². The summed E-state index contributed by atoms with van der Waals surface area (Å²) in [5, 5.41) is 0. The first-order valence-corrected chi connectivity index (χ1v) is 9.43. The van der Waals surface area contributed by atoms with Gasteiger partial charge in [0.05, 0.1) is 0 Å². The van der Waals surface area contributed by atoms with Gasteiger partial charge in [-0.2, -0.15) is 0 Å². The van der Waals surface area contributed by atoms with Crippen molar-refractivity contribution in [1.82, 2.24) is 0 Å². The first-order chi connectivity index (χ1) is 12.0. The van der Waals surface area contributed by atoms with E-state index in [0.717, 1.165) is 37.2 Å². The zero-order valence-corrected chi connectivity index (χ0v) is 16.5. The molecule has 2 nitrogen and oxygen atoms in total. The van der Waals surface area contributed by atoms with Gasteiger partial charge in [0.15, 0.2) is 0 Å². The molecule has 25 heavy (non-hydrogen) atoms. The van der Waals surface area contributed by atoms with Crippen molar-refractivity contribution in [1.29, 1.82) is 0 Å². The van der Waals surface area contributed by atoms with E-state index < -0.39 is 0 Å². The van der Waals surface area contributed by atoms with E-state index in [1.54, 1.807) is 0 Å². The fourth-order valence-electron chi connectivity index (χ4n) is 3.33. The first-order valence-electron chi connectivity index (χ1n) is 9.43. The van der Waals surface area contributed by atoms with E-state index in [9.17, 15) is 0 Å². The molecule has 0 spiro atoms. The van der Waals surface area contributed by atoms with Crippen molar-refractivity contribution in [3.63, 3.8) is 0 Å². The minimum absolute atomic E-state index is 0.943. The molecule has 2 aromatic rings. The highest BCUT2D eigenvalue weighted by molar-refractivity contribution is 6.21. The van der Waals surface area contributed by atoms with E-state index >= 15 is 0 Å². The van der Waals surface area contributed by atoms with Crippen LogP contribution in [-0.2, 0) is 25.7 Å². The minimum atomic E-state index is 0.943. The third kappa shape index (κ3) is 4.59. The maximum Gasteiger partial charge on any atom is 0.658 e. The molecule has 0 saturated carbocycles. The Balaban J connectivity index is 2.22. The van der Waals surface area contributed by atoms with Gasteiger partial charge in [0.2, 0.25) is 0 Å². The molecule has 0 saturated heterocycles. The third-order valence-corrected chi connectivity index (χ3v) is 4.63. The van der Waals surface area contributed by atoms with Gasteiger partial charge < -0.3 is 9.31 Å². The van der Waals surface area contributed by atoms with Crippen LogP contribution in [0.15, 0.2) is 24.3 Å². The van der Waals surface area contributed by atoms with Crippen LogP contribution in [-0.4, -0.2) is 7.69 Å². The zero-order chi connectivity index (χ0) is 18.4. The SMILES string of the molecule is CCc1cc(C)cc(CC)c1O[B]Oc1c(CC)cc(C)cc1CC. The summed E-state index contributed by atoms with van der Waals surface area (Å²) in [6, 6.07) is 8.79. The van der Waals surface area contributed by atoms with Crippen molar-refractivity contribution in [2.45, 2.75) is 67.2 Å². The lowest BCUT2D eigenvalue weighted by atomic mass is 10.00. The standard InChI is InChI=1S/C22H30BO2/c1-7-17-11-15(5)12-18(8-2)21(17)24-23-25-22-19(9-3)13-16(6)14-20(22)10-4/h11-14H,7-10H2,1-6H3. The van der Waals surface area contributed by atoms with E-state index in [-0.39, 0.29) is 0 Å². The maximum atomic E-state index is 5.99. The Morgan fingerprint density at radius 2 is 0.880 bits per heavy atom. The topological polar surface area (TPSA) is 18.5 Å². The molecule has 0 heterocycles. The highest BCUT2D eigenvalue weighted by Gasteiger charge is 2.14. The van der Waals surface area contributed by atoms with Crippen LogP contribution in [0.25, 0.3) is 0 Å². The number of aryl methyl sites for hydroxylation is 6. The van der Waals surface area contributed by atoms with E-state index in [4.69, 9.17) is 9.31 Å². The summed E-state index contributed by atoms with van der Waals surface area (Å²) in [7, 11) is 1.51. The van der Waals surface area contributed by atoms with Crippen LogP contribution in [0.2, 0.25) is 0 Å². The van der Waals surface area contributed by atoms with Crippen LogP contribution in [0.4, 0.5) is 0 Å². The fourth-order valence-corrected chi connectivity index (χ4v) is 3.33. The van der Waals surface area contributed by atoms with E-state index in [2.05, 4.69) is 65.8 Å². The fraction of sp³-hybridized carbons (Fsp3) is 0.455. The summed E-state index contributed by atoms with van der Waals surface area (Å²) in [4.78, 5) is 0. The van der Waals surface area contributed by atoms with E-state index in [1.165, 1.54) is 41.1 Å². The average molecular weight is 337 g/mol. The lowest BCUT2D eigenvalue weighted by Gasteiger charge is -2.18. The van der Waals surface area contributed by atoms with Crippen molar-refractivity contribution in [2.75, 3.05) is 0 Å². The molecule has 0 amide bonds. The van der Waals surface area contributed by atoms with Crippen molar-refractivity contribution < 1.29 is 9.31 Å². The van der Waals surface area contributed by atoms with Gasteiger partial charge in [-0.05, 0) is 61.8 Å². The minimum Gasteiger partial charge on any atom is -0.526 e. The Labute approximate surface area is 153 Å². The van der Waals surface area contributed by atoms with Gasteiger partial charge >= 0.3 is 7.69 Å². The predicted molar refractivity (Wildman–Crippen MR) is 107 cm³/mol. The Morgan fingerprint density at radius 3 is 1.12 bits per heavy atom. The predicted octanol–water partition coefficient (Wildman–Crippen LogP) is 5.55. The lowest BCUT2D eigenvalue weighted by Crippen LogP contribution is -2.15. The van der Waals surface area contributed by atoms with Crippen LogP contribution in [0.5, 0.6) is 11.5 Å². The number of rotatable bonds is 8. The average Bonchev–Trinajstić information content (AvgIpc) is 2.62.